The number of benzene rings is 1. The van der Waals surface area contributed by atoms with Gasteiger partial charge in [-0.1, -0.05) is 6.07 Å². The minimum atomic E-state index is -0.861. The molecule has 5 nitrogen and oxygen atoms in total. The first-order valence-corrected chi connectivity index (χ1v) is 7.08. The maximum absolute atomic E-state index is 11.8. The van der Waals surface area contributed by atoms with E-state index < -0.39 is 5.97 Å². The summed E-state index contributed by atoms with van der Waals surface area (Å²) in [5.41, 5.74) is 0.753. The number of nitrogens with one attached hydrogen (secondary N) is 1. The number of hydrogen-bond acceptors (Lipinski definition) is 4. The molecule has 0 aliphatic rings. The van der Waals surface area contributed by atoms with Gasteiger partial charge in [0.1, 0.15) is 0 Å². The van der Waals surface area contributed by atoms with Crippen molar-refractivity contribution in [3.05, 3.63) is 24.3 Å². The van der Waals surface area contributed by atoms with Gasteiger partial charge in [0.05, 0.1) is 13.0 Å². The Hall–Kier alpha value is -1.24. The molecular formula is C13H19ClN2O3S. The molecule has 0 saturated heterocycles. The van der Waals surface area contributed by atoms with Crippen LogP contribution in [0.5, 0.6) is 0 Å². The van der Waals surface area contributed by atoms with Crippen LogP contribution in [0.4, 0.5) is 5.69 Å². The van der Waals surface area contributed by atoms with Gasteiger partial charge in [0.15, 0.2) is 0 Å². The van der Waals surface area contributed by atoms with Gasteiger partial charge in [-0.3, -0.25) is 14.5 Å². The molecule has 0 fully saturated rings. The Labute approximate surface area is 129 Å². The number of aliphatic carboxylic acids is 1. The number of halogens is 1. The second-order valence-electron chi connectivity index (χ2n) is 4.16. The van der Waals surface area contributed by atoms with Crippen LogP contribution in [-0.4, -0.2) is 48.3 Å². The fourth-order valence-electron chi connectivity index (χ4n) is 1.51. The van der Waals surface area contributed by atoms with Gasteiger partial charge >= 0.3 is 5.97 Å². The van der Waals surface area contributed by atoms with Crippen LogP contribution in [-0.2, 0) is 9.59 Å². The summed E-state index contributed by atoms with van der Waals surface area (Å²) in [6.45, 7) is 0.532. The van der Waals surface area contributed by atoms with Crippen molar-refractivity contribution in [3.8, 4) is 0 Å². The molecule has 0 aliphatic carbocycles. The van der Waals surface area contributed by atoms with Crippen LogP contribution in [0.3, 0.4) is 0 Å². The van der Waals surface area contributed by atoms with Gasteiger partial charge < -0.3 is 10.4 Å². The zero-order chi connectivity index (χ0) is 14.3. The summed E-state index contributed by atoms with van der Waals surface area (Å²) in [5, 5.41) is 11.4. The molecule has 7 heteroatoms. The molecule has 2 N–H and O–H groups in total. The third-order valence-corrected chi connectivity index (χ3v) is 3.20. The topological polar surface area (TPSA) is 69.6 Å². The van der Waals surface area contributed by atoms with Gasteiger partial charge in [-0.15, -0.1) is 24.2 Å². The number of likely N-dealkylation sites (N-methyl/N-ethyl adjacent to an activating group) is 1. The quantitative estimate of drug-likeness (QED) is 0.754. The normalized spacial score (nSPS) is 9.95. The van der Waals surface area contributed by atoms with Gasteiger partial charge in [-0.2, -0.15) is 0 Å². The van der Waals surface area contributed by atoms with E-state index in [0.717, 1.165) is 10.6 Å². The molecule has 0 saturated carbocycles. The van der Waals surface area contributed by atoms with Gasteiger partial charge in [0.2, 0.25) is 5.91 Å². The third-order valence-electron chi connectivity index (χ3n) is 2.47. The average Bonchev–Trinajstić information content (AvgIpc) is 2.36. The van der Waals surface area contributed by atoms with Gasteiger partial charge in [0, 0.05) is 17.1 Å². The second-order valence-corrected chi connectivity index (χ2v) is 5.04. The first-order valence-electron chi connectivity index (χ1n) is 5.85. The standard InChI is InChI=1S/C13H18N2O3S.ClH/c1-15(7-6-13(17)18)9-12(16)14-10-4-3-5-11(8-10)19-2;/h3-5,8H,6-7,9H2,1-2H3,(H,14,16)(H,17,18);1H. The predicted molar refractivity (Wildman–Crippen MR) is 83.9 cm³/mol. The minimum Gasteiger partial charge on any atom is -0.481 e. The van der Waals surface area contributed by atoms with Crippen LogP contribution in [0.2, 0.25) is 0 Å². The van der Waals surface area contributed by atoms with E-state index in [0.29, 0.717) is 6.54 Å². The minimum absolute atomic E-state index is 0. The summed E-state index contributed by atoms with van der Waals surface area (Å²) in [4.78, 5) is 24.9. The summed E-state index contributed by atoms with van der Waals surface area (Å²) < 4.78 is 0. The van der Waals surface area contributed by atoms with Crippen molar-refractivity contribution < 1.29 is 14.7 Å². The zero-order valence-electron chi connectivity index (χ0n) is 11.5. The number of rotatable bonds is 7. The van der Waals surface area contributed by atoms with Gasteiger partial charge in [0.25, 0.3) is 0 Å². The van der Waals surface area contributed by atoms with E-state index in [1.807, 2.05) is 30.5 Å². The number of carboxylic acids is 1. The monoisotopic (exact) mass is 318 g/mol. The Morgan fingerprint density at radius 3 is 2.70 bits per heavy atom. The molecule has 0 aliphatic heterocycles. The van der Waals surface area contributed by atoms with Crippen molar-refractivity contribution in [1.82, 2.24) is 4.90 Å². The van der Waals surface area contributed by atoms with Crippen LogP contribution in [0.25, 0.3) is 0 Å². The Bertz CT molecular complexity index is 457. The van der Waals surface area contributed by atoms with Gasteiger partial charge in [-0.25, -0.2) is 0 Å². The fraction of sp³-hybridized carbons (Fsp3) is 0.385. The molecule has 0 radical (unpaired) electrons. The molecule has 0 spiro atoms. The van der Waals surface area contributed by atoms with Gasteiger partial charge in [-0.05, 0) is 31.5 Å². The lowest BCUT2D eigenvalue weighted by Gasteiger charge is -2.15. The number of anilines is 1. The molecule has 0 aromatic heterocycles. The van der Waals surface area contributed by atoms with Crippen molar-refractivity contribution in [2.75, 3.05) is 31.7 Å². The Kier molecular flexibility index (Phi) is 9.03. The van der Waals surface area contributed by atoms with Crippen LogP contribution in [0, 0.1) is 0 Å². The van der Waals surface area contributed by atoms with E-state index in [9.17, 15) is 9.59 Å². The average molecular weight is 319 g/mol. The largest absolute Gasteiger partial charge is 0.481 e. The molecule has 0 bridgehead atoms. The van der Waals surface area contributed by atoms with Crippen molar-refractivity contribution >= 4 is 41.7 Å². The first-order chi connectivity index (χ1) is 9.01. The second kappa shape index (κ2) is 9.63. The molecule has 1 amide bonds. The molecule has 1 rings (SSSR count). The number of thioether (sulfide) groups is 1. The van der Waals surface area contributed by atoms with Crippen molar-refractivity contribution in [1.29, 1.82) is 0 Å². The highest BCUT2D eigenvalue weighted by Crippen LogP contribution is 2.18. The molecule has 0 heterocycles. The zero-order valence-corrected chi connectivity index (χ0v) is 13.1. The number of amides is 1. The van der Waals surface area contributed by atoms with E-state index in [1.54, 1.807) is 23.7 Å². The lowest BCUT2D eigenvalue weighted by atomic mass is 10.3. The third kappa shape index (κ3) is 7.37. The van der Waals surface area contributed by atoms with E-state index >= 15 is 0 Å². The summed E-state index contributed by atoms with van der Waals surface area (Å²) in [7, 11) is 1.72. The summed E-state index contributed by atoms with van der Waals surface area (Å²) in [5.74, 6) is -1.01. The van der Waals surface area contributed by atoms with Crippen LogP contribution < -0.4 is 5.32 Å². The highest BCUT2D eigenvalue weighted by molar-refractivity contribution is 7.98. The lowest BCUT2D eigenvalue weighted by Crippen LogP contribution is -2.31. The van der Waals surface area contributed by atoms with E-state index in [-0.39, 0.29) is 31.3 Å². The number of carboxylic acid groups (broad SMARTS) is 1. The van der Waals surface area contributed by atoms with E-state index in [1.165, 1.54) is 0 Å². The Morgan fingerprint density at radius 1 is 1.40 bits per heavy atom. The van der Waals surface area contributed by atoms with Crippen molar-refractivity contribution in [2.24, 2.45) is 0 Å². The number of nitrogens with zero attached hydrogens (tertiary/aromatic N) is 1. The van der Waals surface area contributed by atoms with E-state index in [4.69, 9.17) is 5.11 Å². The molecule has 0 atom stereocenters. The van der Waals surface area contributed by atoms with E-state index in [2.05, 4.69) is 5.32 Å². The highest BCUT2D eigenvalue weighted by Gasteiger charge is 2.08. The number of carbonyl (C=O) groups excluding carboxylic acids is 1. The fourth-order valence-corrected chi connectivity index (χ4v) is 1.97. The first kappa shape index (κ1) is 18.8. The molecule has 20 heavy (non-hydrogen) atoms. The Morgan fingerprint density at radius 2 is 2.10 bits per heavy atom. The van der Waals surface area contributed by atoms with Crippen molar-refractivity contribution in [2.45, 2.75) is 11.3 Å². The number of carbonyl (C=O) groups is 2. The molecule has 1 aromatic rings. The molecule has 1 aromatic carbocycles. The maximum atomic E-state index is 11.8. The van der Waals surface area contributed by atoms with Crippen LogP contribution >= 0.6 is 24.2 Å². The highest BCUT2D eigenvalue weighted by atomic mass is 35.5. The maximum Gasteiger partial charge on any atom is 0.304 e. The molecule has 112 valence electrons. The molecular weight excluding hydrogens is 300 g/mol. The predicted octanol–water partition coefficient (Wildman–Crippen LogP) is 2.18. The number of hydrogen-bond donors (Lipinski definition) is 2. The Balaban J connectivity index is 0.00000361. The summed E-state index contributed by atoms with van der Waals surface area (Å²) in [6, 6.07) is 7.59. The lowest BCUT2D eigenvalue weighted by molar-refractivity contribution is -0.137. The molecule has 0 unspecified atom stereocenters. The smallest absolute Gasteiger partial charge is 0.304 e. The van der Waals surface area contributed by atoms with Crippen LogP contribution in [0.1, 0.15) is 6.42 Å². The summed E-state index contributed by atoms with van der Waals surface area (Å²) in [6.07, 6.45) is 2.01. The van der Waals surface area contributed by atoms with Crippen molar-refractivity contribution in [3.63, 3.8) is 0 Å². The summed E-state index contributed by atoms with van der Waals surface area (Å²) >= 11 is 1.61. The van der Waals surface area contributed by atoms with Crippen LogP contribution in [0.15, 0.2) is 29.2 Å². The SMILES string of the molecule is CSc1cccc(NC(=O)CN(C)CCC(=O)O)c1.Cl.